The van der Waals surface area contributed by atoms with Crippen LogP contribution in [0, 0.1) is 5.92 Å². The molecule has 0 saturated heterocycles. The first-order valence-corrected chi connectivity index (χ1v) is 8.40. The second-order valence-corrected chi connectivity index (χ2v) is 7.58. The van der Waals surface area contributed by atoms with Crippen LogP contribution in [0.3, 0.4) is 0 Å². The molecule has 1 amide bonds. The van der Waals surface area contributed by atoms with Gasteiger partial charge in [0.25, 0.3) is 0 Å². The number of nitrogens with zero attached hydrogens (tertiary/aromatic N) is 3. The molecular weight excluding hydrogens is 290 g/mol. The molecule has 6 nitrogen and oxygen atoms in total. The van der Waals surface area contributed by atoms with Gasteiger partial charge in [-0.05, 0) is 37.8 Å². The molecule has 21 heavy (non-hydrogen) atoms. The summed E-state index contributed by atoms with van der Waals surface area (Å²) in [5.41, 5.74) is 0. The van der Waals surface area contributed by atoms with Gasteiger partial charge in [-0.1, -0.05) is 0 Å². The van der Waals surface area contributed by atoms with E-state index in [4.69, 9.17) is 0 Å². The monoisotopic (exact) mass is 311 g/mol. The number of rotatable bonds is 6. The van der Waals surface area contributed by atoms with Crippen LogP contribution < -0.4 is 0 Å². The Kier molecular flexibility index (Phi) is 4.63. The first kappa shape index (κ1) is 15.9. The Hall–Kier alpha value is -1.47. The second kappa shape index (κ2) is 6.11. The van der Waals surface area contributed by atoms with Crippen molar-refractivity contribution < 1.29 is 13.2 Å². The van der Waals surface area contributed by atoms with Crippen LogP contribution in [0.5, 0.6) is 0 Å². The first-order chi connectivity index (χ1) is 9.84. The van der Waals surface area contributed by atoms with E-state index in [0.29, 0.717) is 5.92 Å². The van der Waals surface area contributed by atoms with Crippen molar-refractivity contribution in [3.8, 4) is 0 Å². The summed E-state index contributed by atoms with van der Waals surface area (Å²) < 4.78 is 25.7. The summed E-state index contributed by atoms with van der Waals surface area (Å²) >= 11 is 0. The van der Waals surface area contributed by atoms with Crippen molar-refractivity contribution in [3.63, 3.8) is 0 Å². The highest BCUT2D eigenvalue weighted by atomic mass is 32.2. The molecule has 1 heterocycles. The molecule has 0 N–H and O–H groups in total. The molecule has 1 aliphatic rings. The summed E-state index contributed by atoms with van der Waals surface area (Å²) in [5.74, 6) is 0.364. The van der Waals surface area contributed by atoms with Gasteiger partial charge in [-0.2, -0.15) is 4.31 Å². The lowest BCUT2D eigenvalue weighted by atomic mass is 10.2. The number of likely N-dealkylation sites (N-methyl/N-ethyl adjacent to an activating group) is 2. The summed E-state index contributed by atoms with van der Waals surface area (Å²) in [7, 11) is -0.530. The van der Waals surface area contributed by atoms with E-state index < -0.39 is 10.0 Å². The SMILES string of the molecule is CC(C1CC1)N(C)C(=O)CN(C)S(=O)(=O)c1cccnc1. The zero-order valence-corrected chi connectivity index (χ0v) is 13.4. The van der Waals surface area contributed by atoms with Crippen LogP contribution in [0.15, 0.2) is 29.4 Å². The zero-order valence-electron chi connectivity index (χ0n) is 12.6. The van der Waals surface area contributed by atoms with Gasteiger partial charge in [-0.3, -0.25) is 9.78 Å². The largest absolute Gasteiger partial charge is 0.342 e. The standard InChI is InChI=1S/C14H21N3O3S/c1-11(12-6-7-12)17(3)14(18)10-16(2)21(19,20)13-5-4-8-15-9-13/h4-5,8-9,11-12H,6-7,10H2,1-3H3. The number of pyridine rings is 1. The average Bonchev–Trinajstić information content (AvgIpc) is 3.31. The van der Waals surface area contributed by atoms with Gasteiger partial charge in [0.15, 0.2) is 0 Å². The van der Waals surface area contributed by atoms with Gasteiger partial charge in [0.2, 0.25) is 15.9 Å². The van der Waals surface area contributed by atoms with Crippen molar-refractivity contribution in [2.24, 2.45) is 5.92 Å². The third-order valence-corrected chi connectivity index (χ3v) is 5.80. The number of hydrogen-bond acceptors (Lipinski definition) is 4. The van der Waals surface area contributed by atoms with Crippen molar-refractivity contribution in [1.82, 2.24) is 14.2 Å². The molecule has 0 radical (unpaired) electrons. The normalized spacial score (nSPS) is 16.8. The fourth-order valence-electron chi connectivity index (χ4n) is 2.19. The molecule has 1 unspecified atom stereocenters. The summed E-state index contributed by atoms with van der Waals surface area (Å²) in [6.07, 6.45) is 5.08. The molecule has 0 spiro atoms. The molecule has 1 aliphatic carbocycles. The molecular formula is C14H21N3O3S. The fourth-order valence-corrected chi connectivity index (χ4v) is 3.27. The van der Waals surface area contributed by atoms with Gasteiger partial charge >= 0.3 is 0 Å². The lowest BCUT2D eigenvalue weighted by molar-refractivity contribution is -0.132. The van der Waals surface area contributed by atoms with E-state index in [1.807, 2.05) is 6.92 Å². The number of sulfonamides is 1. The summed E-state index contributed by atoms with van der Waals surface area (Å²) in [6.45, 7) is 1.84. The van der Waals surface area contributed by atoms with Crippen LogP contribution in [0.4, 0.5) is 0 Å². The molecule has 2 rings (SSSR count). The van der Waals surface area contributed by atoms with Gasteiger partial charge in [-0.15, -0.1) is 0 Å². The number of hydrogen-bond donors (Lipinski definition) is 0. The predicted molar refractivity (Wildman–Crippen MR) is 79.0 cm³/mol. The van der Waals surface area contributed by atoms with Crippen LogP contribution in [-0.2, 0) is 14.8 Å². The maximum absolute atomic E-state index is 12.3. The molecule has 1 aromatic heterocycles. The highest BCUT2D eigenvalue weighted by Crippen LogP contribution is 2.34. The Balaban J connectivity index is 2.03. The molecule has 116 valence electrons. The topological polar surface area (TPSA) is 70.6 Å². The first-order valence-electron chi connectivity index (χ1n) is 6.96. The van der Waals surface area contributed by atoms with Crippen LogP contribution in [0.25, 0.3) is 0 Å². The molecule has 1 atom stereocenters. The minimum atomic E-state index is -3.67. The van der Waals surface area contributed by atoms with Gasteiger partial charge in [0.05, 0.1) is 6.54 Å². The van der Waals surface area contributed by atoms with E-state index in [1.165, 1.54) is 25.5 Å². The van der Waals surface area contributed by atoms with E-state index in [-0.39, 0.29) is 23.4 Å². The molecule has 0 aliphatic heterocycles. The average molecular weight is 311 g/mol. The van der Waals surface area contributed by atoms with E-state index in [0.717, 1.165) is 17.1 Å². The minimum Gasteiger partial charge on any atom is -0.342 e. The lowest BCUT2D eigenvalue weighted by Crippen LogP contribution is -2.43. The third kappa shape index (κ3) is 3.59. The lowest BCUT2D eigenvalue weighted by Gasteiger charge is -2.27. The Morgan fingerprint density at radius 1 is 1.43 bits per heavy atom. The molecule has 0 aromatic carbocycles. The maximum Gasteiger partial charge on any atom is 0.244 e. The highest BCUT2D eigenvalue weighted by Gasteiger charge is 2.33. The zero-order chi connectivity index (χ0) is 15.6. The second-order valence-electron chi connectivity index (χ2n) is 5.53. The predicted octanol–water partition coefficient (Wildman–Crippen LogP) is 0.959. The Bertz CT molecular complexity index is 599. The Morgan fingerprint density at radius 2 is 2.10 bits per heavy atom. The number of carbonyl (C=O) groups excluding carboxylic acids is 1. The van der Waals surface area contributed by atoms with E-state index in [1.54, 1.807) is 18.0 Å². The van der Waals surface area contributed by atoms with Crippen molar-refractivity contribution >= 4 is 15.9 Å². The van der Waals surface area contributed by atoms with Crippen molar-refractivity contribution in [1.29, 1.82) is 0 Å². The molecule has 0 bridgehead atoms. The van der Waals surface area contributed by atoms with Crippen molar-refractivity contribution in [2.45, 2.75) is 30.7 Å². The quantitative estimate of drug-likeness (QED) is 0.784. The van der Waals surface area contributed by atoms with Crippen LogP contribution in [0.1, 0.15) is 19.8 Å². The fraction of sp³-hybridized carbons (Fsp3) is 0.571. The van der Waals surface area contributed by atoms with Gasteiger partial charge in [-0.25, -0.2) is 8.42 Å². The minimum absolute atomic E-state index is 0.0956. The molecule has 1 fully saturated rings. The Morgan fingerprint density at radius 3 is 2.62 bits per heavy atom. The van der Waals surface area contributed by atoms with E-state index in [9.17, 15) is 13.2 Å². The Labute approximate surface area is 125 Å². The van der Waals surface area contributed by atoms with Gasteiger partial charge < -0.3 is 4.90 Å². The number of aromatic nitrogens is 1. The van der Waals surface area contributed by atoms with Gasteiger partial charge in [0, 0.05) is 32.5 Å². The molecule has 7 heteroatoms. The number of amides is 1. The summed E-state index contributed by atoms with van der Waals surface area (Å²) in [5, 5.41) is 0. The van der Waals surface area contributed by atoms with Crippen LogP contribution >= 0.6 is 0 Å². The van der Waals surface area contributed by atoms with Crippen LogP contribution in [-0.4, -0.2) is 55.2 Å². The summed E-state index contributed by atoms with van der Waals surface area (Å²) in [4.78, 5) is 17.8. The van der Waals surface area contributed by atoms with E-state index >= 15 is 0 Å². The number of carbonyl (C=O) groups is 1. The molecule has 1 saturated carbocycles. The smallest absolute Gasteiger partial charge is 0.244 e. The third-order valence-electron chi connectivity index (χ3n) is 4.01. The van der Waals surface area contributed by atoms with E-state index in [2.05, 4.69) is 4.98 Å². The molecule has 1 aromatic rings. The highest BCUT2D eigenvalue weighted by molar-refractivity contribution is 7.89. The van der Waals surface area contributed by atoms with Crippen LogP contribution in [0.2, 0.25) is 0 Å². The van der Waals surface area contributed by atoms with Crippen molar-refractivity contribution in [3.05, 3.63) is 24.5 Å². The van der Waals surface area contributed by atoms with Gasteiger partial charge in [0.1, 0.15) is 4.90 Å². The maximum atomic E-state index is 12.3. The summed E-state index contributed by atoms with van der Waals surface area (Å²) in [6, 6.07) is 3.19. The van der Waals surface area contributed by atoms with Crippen molar-refractivity contribution in [2.75, 3.05) is 20.6 Å².